The summed E-state index contributed by atoms with van der Waals surface area (Å²) in [5.41, 5.74) is 3.20. The molecule has 2 N–H and O–H groups in total. The number of hydrogen-bond acceptors (Lipinski definition) is 9. The molecule has 1 aliphatic heterocycles. The molecule has 0 radical (unpaired) electrons. The van der Waals surface area contributed by atoms with Gasteiger partial charge < -0.3 is 24.2 Å². The summed E-state index contributed by atoms with van der Waals surface area (Å²) >= 11 is 1.51. The summed E-state index contributed by atoms with van der Waals surface area (Å²) in [7, 11) is 2.09. The third kappa shape index (κ3) is 5.64. The fourth-order valence-electron chi connectivity index (χ4n) is 4.42. The predicted molar refractivity (Wildman–Crippen MR) is 154 cm³/mol. The summed E-state index contributed by atoms with van der Waals surface area (Å²) in [4.78, 5) is 25.9. The van der Waals surface area contributed by atoms with Crippen LogP contribution in [0.2, 0.25) is 0 Å². The van der Waals surface area contributed by atoms with Gasteiger partial charge in [-0.1, -0.05) is 49.4 Å². The SMILES string of the molecule is CN1CCO[C@@H](COc2ccc3c(n2)sc2nc(-c4ccc(NC(=O)Nc5cc(C(C)(C)C)on5)cc4)cn23)C1. The van der Waals surface area contributed by atoms with Crippen LogP contribution in [0, 0.1) is 0 Å². The number of carbonyl (C=O) groups excluding carboxylic acids is 1. The van der Waals surface area contributed by atoms with Crippen LogP contribution in [-0.2, 0) is 10.2 Å². The van der Waals surface area contributed by atoms with E-state index in [1.807, 2.05) is 67.8 Å². The fourth-order valence-corrected chi connectivity index (χ4v) is 5.40. The molecular formula is C28H31N7O4S. The number of fused-ring (bicyclic) bond motifs is 3. The highest BCUT2D eigenvalue weighted by Crippen LogP contribution is 2.30. The standard InChI is InChI=1S/C28H31N7O4S/c1-28(2,3)22-13-23(33-39-22)31-26(36)29-18-7-5-17(6-8-18)20-15-35-21-9-10-24(32-25(21)40-27(35)30-20)38-16-19-14-34(4)11-12-37-19/h5-10,13,15,19H,11-12,14,16H2,1-4H3,(H2,29,31,33,36)/t19-/m1/s1. The Morgan fingerprint density at radius 1 is 1.15 bits per heavy atom. The summed E-state index contributed by atoms with van der Waals surface area (Å²) in [6, 6.07) is 12.7. The van der Waals surface area contributed by atoms with Gasteiger partial charge in [-0.05, 0) is 25.2 Å². The van der Waals surface area contributed by atoms with Gasteiger partial charge in [-0.2, -0.15) is 0 Å². The van der Waals surface area contributed by atoms with Crippen molar-refractivity contribution in [1.29, 1.82) is 0 Å². The second-order valence-corrected chi connectivity index (χ2v) is 11.9. The Morgan fingerprint density at radius 2 is 1.98 bits per heavy atom. The molecule has 40 heavy (non-hydrogen) atoms. The van der Waals surface area contributed by atoms with Crippen molar-refractivity contribution >= 4 is 44.2 Å². The van der Waals surface area contributed by atoms with E-state index < -0.39 is 6.03 Å². The lowest BCUT2D eigenvalue weighted by Gasteiger charge is -2.29. The zero-order valence-electron chi connectivity index (χ0n) is 22.8. The number of thiazole rings is 1. The molecule has 1 saturated heterocycles. The summed E-state index contributed by atoms with van der Waals surface area (Å²) in [5, 5.41) is 9.43. The highest BCUT2D eigenvalue weighted by molar-refractivity contribution is 7.23. The molecule has 2 amide bonds. The molecule has 0 saturated carbocycles. The maximum Gasteiger partial charge on any atom is 0.324 e. The van der Waals surface area contributed by atoms with Crippen molar-refractivity contribution in [3.05, 3.63) is 54.4 Å². The molecule has 0 unspecified atom stereocenters. The van der Waals surface area contributed by atoms with Crippen LogP contribution in [0.25, 0.3) is 26.6 Å². The van der Waals surface area contributed by atoms with Crippen molar-refractivity contribution in [3.63, 3.8) is 0 Å². The van der Waals surface area contributed by atoms with E-state index in [1.165, 1.54) is 11.3 Å². The van der Waals surface area contributed by atoms with Crippen LogP contribution in [0.4, 0.5) is 16.3 Å². The maximum atomic E-state index is 12.4. The molecule has 5 aromatic rings. The molecule has 208 valence electrons. The van der Waals surface area contributed by atoms with Gasteiger partial charge in [-0.3, -0.25) is 9.72 Å². The summed E-state index contributed by atoms with van der Waals surface area (Å²) in [6.45, 7) is 9.03. The van der Waals surface area contributed by atoms with E-state index in [0.717, 1.165) is 46.3 Å². The van der Waals surface area contributed by atoms with E-state index in [9.17, 15) is 4.79 Å². The van der Waals surface area contributed by atoms with Gasteiger partial charge in [-0.15, -0.1) is 0 Å². The number of ether oxygens (including phenoxy) is 2. The minimum absolute atomic E-state index is 0.0468. The number of urea groups is 1. The Labute approximate surface area is 235 Å². The van der Waals surface area contributed by atoms with Gasteiger partial charge in [0.15, 0.2) is 10.8 Å². The average molecular weight is 562 g/mol. The second kappa shape index (κ2) is 10.5. The number of amides is 2. The quantitative estimate of drug-likeness (QED) is 0.289. The van der Waals surface area contributed by atoms with E-state index >= 15 is 0 Å². The Bertz CT molecular complexity index is 1650. The summed E-state index contributed by atoms with van der Waals surface area (Å²) in [5.74, 6) is 1.64. The van der Waals surface area contributed by atoms with Gasteiger partial charge >= 0.3 is 6.03 Å². The molecule has 1 aliphatic rings. The number of benzene rings is 1. The molecule has 1 aromatic carbocycles. The Balaban J connectivity index is 1.10. The first kappa shape index (κ1) is 26.2. The minimum atomic E-state index is -0.398. The van der Waals surface area contributed by atoms with Gasteiger partial charge in [0.25, 0.3) is 0 Å². The molecule has 1 fully saturated rings. The number of rotatable bonds is 6. The van der Waals surface area contributed by atoms with E-state index in [0.29, 0.717) is 29.8 Å². The molecule has 5 heterocycles. The van der Waals surface area contributed by atoms with E-state index in [1.54, 1.807) is 6.07 Å². The van der Waals surface area contributed by atoms with Crippen LogP contribution in [0.15, 0.2) is 53.2 Å². The Hall–Kier alpha value is -4.00. The molecular weight excluding hydrogens is 530 g/mol. The number of carbonyl (C=O) groups is 1. The van der Waals surface area contributed by atoms with Gasteiger partial charge in [-0.25, -0.2) is 14.8 Å². The zero-order chi connectivity index (χ0) is 27.9. The van der Waals surface area contributed by atoms with Gasteiger partial charge in [0, 0.05) is 48.1 Å². The number of nitrogens with zero attached hydrogens (tertiary/aromatic N) is 5. The molecule has 6 rings (SSSR count). The molecule has 0 bridgehead atoms. The zero-order valence-corrected chi connectivity index (χ0v) is 23.6. The monoisotopic (exact) mass is 561 g/mol. The highest BCUT2D eigenvalue weighted by atomic mass is 32.1. The van der Waals surface area contributed by atoms with Crippen LogP contribution in [0.5, 0.6) is 5.88 Å². The van der Waals surface area contributed by atoms with Gasteiger partial charge in [0.2, 0.25) is 5.88 Å². The third-order valence-electron chi connectivity index (χ3n) is 6.62. The second-order valence-electron chi connectivity index (χ2n) is 10.9. The Kier molecular flexibility index (Phi) is 6.90. The summed E-state index contributed by atoms with van der Waals surface area (Å²) in [6.07, 6.45) is 2.04. The fraction of sp³-hybridized carbons (Fsp3) is 0.357. The van der Waals surface area contributed by atoms with Gasteiger partial charge in [0.05, 0.1) is 17.8 Å². The number of nitrogens with one attached hydrogen (secondary N) is 2. The topological polar surface area (TPSA) is 119 Å². The third-order valence-corrected chi connectivity index (χ3v) is 7.59. The molecule has 1 atom stereocenters. The van der Waals surface area contributed by atoms with E-state index in [-0.39, 0.29) is 11.5 Å². The van der Waals surface area contributed by atoms with Crippen LogP contribution in [0.1, 0.15) is 26.5 Å². The first-order chi connectivity index (χ1) is 19.2. The molecule has 0 spiro atoms. The minimum Gasteiger partial charge on any atom is -0.475 e. The molecule has 11 nitrogen and oxygen atoms in total. The first-order valence-corrected chi connectivity index (χ1v) is 13.9. The molecule has 4 aromatic heterocycles. The van der Waals surface area contributed by atoms with Crippen molar-refractivity contribution in [2.45, 2.75) is 32.3 Å². The van der Waals surface area contributed by atoms with Crippen molar-refractivity contribution in [2.75, 3.05) is 44.0 Å². The lowest BCUT2D eigenvalue weighted by molar-refractivity contribution is -0.0409. The molecule has 12 heteroatoms. The number of anilines is 2. The van der Waals surface area contributed by atoms with Crippen LogP contribution < -0.4 is 15.4 Å². The number of likely N-dealkylation sites (N-methyl/N-ethyl adjacent to an activating group) is 1. The average Bonchev–Trinajstić information content (AvgIpc) is 3.63. The van der Waals surface area contributed by atoms with Crippen LogP contribution in [0.3, 0.4) is 0 Å². The van der Waals surface area contributed by atoms with Crippen LogP contribution in [-0.4, -0.2) is 69.9 Å². The number of aromatic nitrogens is 4. The lowest BCUT2D eigenvalue weighted by atomic mass is 9.93. The van der Waals surface area contributed by atoms with Crippen molar-refractivity contribution < 1.29 is 18.8 Å². The lowest BCUT2D eigenvalue weighted by Crippen LogP contribution is -2.42. The maximum absolute atomic E-state index is 12.4. The number of pyridine rings is 1. The van der Waals surface area contributed by atoms with E-state index in [2.05, 4.69) is 32.7 Å². The Morgan fingerprint density at radius 3 is 2.73 bits per heavy atom. The molecule has 0 aliphatic carbocycles. The number of imidazole rings is 1. The summed E-state index contributed by atoms with van der Waals surface area (Å²) < 4.78 is 19.1. The smallest absolute Gasteiger partial charge is 0.324 e. The number of morpholine rings is 1. The van der Waals surface area contributed by atoms with Crippen molar-refractivity contribution in [1.82, 2.24) is 24.4 Å². The largest absolute Gasteiger partial charge is 0.475 e. The highest BCUT2D eigenvalue weighted by Gasteiger charge is 2.21. The first-order valence-electron chi connectivity index (χ1n) is 13.1. The normalized spacial score (nSPS) is 16.4. The van der Waals surface area contributed by atoms with Crippen molar-refractivity contribution in [2.24, 2.45) is 0 Å². The van der Waals surface area contributed by atoms with Crippen LogP contribution >= 0.6 is 11.3 Å². The van der Waals surface area contributed by atoms with Gasteiger partial charge in [0.1, 0.15) is 23.3 Å². The van der Waals surface area contributed by atoms with Crippen molar-refractivity contribution in [3.8, 4) is 17.1 Å². The predicted octanol–water partition coefficient (Wildman–Crippen LogP) is 5.25. The number of hydrogen-bond donors (Lipinski definition) is 2. The van der Waals surface area contributed by atoms with E-state index in [4.69, 9.17) is 19.0 Å².